The number of likely N-dealkylation sites (tertiary alicyclic amines) is 1. The summed E-state index contributed by atoms with van der Waals surface area (Å²) in [5, 5.41) is 20.8. The van der Waals surface area contributed by atoms with Crippen LogP contribution in [0.3, 0.4) is 0 Å². The van der Waals surface area contributed by atoms with Gasteiger partial charge in [-0.15, -0.1) is 0 Å². The molecule has 13 heteroatoms. The number of aliphatic hydroxyl groups excluding tert-OH is 1. The van der Waals surface area contributed by atoms with Gasteiger partial charge in [-0.05, 0) is 54.7 Å². The number of hydrogen-bond acceptors (Lipinski definition) is 7. The van der Waals surface area contributed by atoms with Gasteiger partial charge in [0.15, 0.2) is 0 Å². The standard InChI is InChI=1S/C32H36F3N5O5/c1-39-17-21(14-37-39)20-4-8-25-28(12-20)44-11-10-24-7-9-27(41)29(45-24)15-36-31(43)26-13-23(38-30(25)42)18-40(26)16-19-2-5-22(6-3-19)32(33,34)35/h2-6,8,12,14,17,23-24,26-27,29,41H,7,9-11,13,15-16,18H2,1H3,(H,36,43)(H,38,42)/t23-,24-,26-,27-,29+/m0/s1. The van der Waals surface area contributed by atoms with Crippen molar-refractivity contribution in [1.29, 1.82) is 0 Å². The Kier molecular flexibility index (Phi) is 8.85. The zero-order valence-electron chi connectivity index (χ0n) is 24.8. The van der Waals surface area contributed by atoms with Gasteiger partial charge in [0.2, 0.25) is 5.91 Å². The van der Waals surface area contributed by atoms with Crippen LogP contribution in [-0.4, -0.2) is 81.7 Å². The summed E-state index contributed by atoms with van der Waals surface area (Å²) in [5.41, 5.74) is 1.90. The minimum Gasteiger partial charge on any atom is -0.493 e. The fourth-order valence-electron chi connectivity index (χ4n) is 6.30. The van der Waals surface area contributed by atoms with Gasteiger partial charge in [-0.1, -0.05) is 18.2 Å². The molecule has 240 valence electrons. The lowest BCUT2D eigenvalue weighted by Crippen LogP contribution is -2.50. The molecule has 0 aliphatic carbocycles. The number of nitrogens with zero attached hydrogens (tertiary/aromatic N) is 3. The normalized spacial score (nSPS) is 26.5. The lowest BCUT2D eigenvalue weighted by Gasteiger charge is -2.34. The Labute approximate surface area is 258 Å². The molecule has 2 aromatic carbocycles. The van der Waals surface area contributed by atoms with E-state index in [1.54, 1.807) is 16.9 Å². The lowest BCUT2D eigenvalue weighted by atomic mass is 9.99. The van der Waals surface area contributed by atoms with Crippen LogP contribution in [0.25, 0.3) is 11.1 Å². The molecule has 0 spiro atoms. The van der Waals surface area contributed by atoms with Gasteiger partial charge in [-0.2, -0.15) is 18.3 Å². The van der Waals surface area contributed by atoms with Crippen molar-refractivity contribution in [2.45, 2.75) is 68.8 Å². The van der Waals surface area contributed by atoms with Crippen molar-refractivity contribution in [3.8, 4) is 16.9 Å². The minimum absolute atomic E-state index is 0.107. The summed E-state index contributed by atoms with van der Waals surface area (Å²) in [6, 6.07) is 9.12. The Morgan fingerprint density at radius 1 is 1.07 bits per heavy atom. The zero-order chi connectivity index (χ0) is 31.7. The number of halogens is 3. The molecule has 2 amide bonds. The molecule has 4 bridgehead atoms. The first kappa shape index (κ1) is 31.1. The van der Waals surface area contributed by atoms with Gasteiger partial charge < -0.3 is 25.2 Å². The average Bonchev–Trinajstić information content (AvgIpc) is 3.62. The van der Waals surface area contributed by atoms with Crippen LogP contribution < -0.4 is 15.4 Å². The number of nitrogens with one attached hydrogen (secondary N) is 2. The number of ether oxygens (including phenoxy) is 2. The van der Waals surface area contributed by atoms with Gasteiger partial charge in [-0.25, -0.2) is 0 Å². The molecule has 3 aliphatic heterocycles. The number of alkyl halides is 3. The SMILES string of the molecule is Cn1cc(-c2ccc3c(c2)OCC[C@@H]2CC[C@H](O)[C@@H](CNC(=O)[C@@H]4C[C@@H](CN4Cc4ccc(C(F)(F)F)cc4)NC3=O)O2)cn1. The third-order valence-corrected chi connectivity index (χ3v) is 8.73. The van der Waals surface area contributed by atoms with Gasteiger partial charge in [0.1, 0.15) is 11.9 Å². The summed E-state index contributed by atoms with van der Waals surface area (Å²) in [6.07, 6.45) is -0.414. The predicted octanol–water partition coefficient (Wildman–Crippen LogP) is 3.29. The van der Waals surface area contributed by atoms with E-state index in [9.17, 15) is 27.9 Å². The highest BCUT2D eigenvalue weighted by atomic mass is 19.4. The van der Waals surface area contributed by atoms with Gasteiger partial charge in [-0.3, -0.25) is 19.2 Å². The van der Waals surface area contributed by atoms with Crippen molar-refractivity contribution in [2.75, 3.05) is 19.7 Å². The van der Waals surface area contributed by atoms with Crippen molar-refractivity contribution in [3.63, 3.8) is 0 Å². The molecule has 0 radical (unpaired) electrons. The summed E-state index contributed by atoms with van der Waals surface area (Å²) in [6.45, 7) is 0.903. The van der Waals surface area contributed by atoms with Gasteiger partial charge in [0, 0.05) is 50.9 Å². The number of carbonyl (C=O) groups is 2. The van der Waals surface area contributed by atoms with Gasteiger partial charge >= 0.3 is 6.18 Å². The second-order valence-corrected chi connectivity index (χ2v) is 12.0. The van der Waals surface area contributed by atoms with Crippen molar-refractivity contribution in [1.82, 2.24) is 25.3 Å². The molecular weight excluding hydrogens is 591 g/mol. The van der Waals surface area contributed by atoms with E-state index in [0.29, 0.717) is 49.1 Å². The number of benzene rings is 2. The number of fused-ring (bicyclic) bond motifs is 5. The molecule has 45 heavy (non-hydrogen) atoms. The highest BCUT2D eigenvalue weighted by Gasteiger charge is 2.39. The second-order valence-electron chi connectivity index (χ2n) is 12.0. The van der Waals surface area contributed by atoms with Crippen LogP contribution in [0.2, 0.25) is 0 Å². The molecule has 0 unspecified atom stereocenters. The molecule has 0 saturated carbocycles. The molecule has 3 N–H and O–H groups in total. The minimum atomic E-state index is -4.45. The number of amides is 2. The lowest BCUT2D eigenvalue weighted by molar-refractivity contribution is -0.137. The first-order valence-corrected chi connectivity index (χ1v) is 15.1. The fourth-order valence-corrected chi connectivity index (χ4v) is 6.30. The number of hydrogen-bond donors (Lipinski definition) is 3. The number of aliphatic hydroxyl groups is 1. The van der Waals surface area contributed by atoms with Crippen molar-refractivity contribution in [3.05, 3.63) is 71.5 Å². The van der Waals surface area contributed by atoms with E-state index in [1.165, 1.54) is 12.1 Å². The Morgan fingerprint density at radius 2 is 1.87 bits per heavy atom. The maximum absolute atomic E-state index is 13.6. The van der Waals surface area contributed by atoms with E-state index in [-0.39, 0.29) is 37.6 Å². The molecule has 10 nitrogen and oxygen atoms in total. The van der Waals surface area contributed by atoms with Crippen LogP contribution in [0, 0.1) is 0 Å². The number of rotatable bonds is 3. The van der Waals surface area contributed by atoms with Crippen LogP contribution in [0.5, 0.6) is 5.75 Å². The Morgan fingerprint density at radius 3 is 2.60 bits per heavy atom. The quantitative estimate of drug-likeness (QED) is 0.408. The van der Waals surface area contributed by atoms with Crippen LogP contribution >= 0.6 is 0 Å². The van der Waals surface area contributed by atoms with Crippen molar-refractivity contribution >= 4 is 11.8 Å². The van der Waals surface area contributed by atoms with Crippen molar-refractivity contribution in [2.24, 2.45) is 7.05 Å². The summed E-state index contributed by atoms with van der Waals surface area (Å²) in [4.78, 5) is 29.0. The van der Waals surface area contributed by atoms with E-state index >= 15 is 0 Å². The Balaban J connectivity index is 1.27. The molecule has 6 rings (SSSR count). The third kappa shape index (κ3) is 7.15. The average molecular weight is 628 g/mol. The third-order valence-electron chi connectivity index (χ3n) is 8.73. The topological polar surface area (TPSA) is 118 Å². The highest BCUT2D eigenvalue weighted by Crippen LogP contribution is 2.31. The smallest absolute Gasteiger partial charge is 0.416 e. The maximum atomic E-state index is 13.6. The van der Waals surface area contributed by atoms with Crippen LogP contribution in [-0.2, 0) is 29.3 Å². The van der Waals surface area contributed by atoms with Crippen LogP contribution in [0.15, 0.2) is 54.9 Å². The van der Waals surface area contributed by atoms with E-state index in [0.717, 1.165) is 23.3 Å². The van der Waals surface area contributed by atoms with Crippen molar-refractivity contribution < 1.29 is 37.3 Å². The maximum Gasteiger partial charge on any atom is 0.416 e. The summed E-state index contributed by atoms with van der Waals surface area (Å²) in [7, 11) is 1.82. The van der Waals surface area contributed by atoms with E-state index in [4.69, 9.17) is 9.47 Å². The molecule has 3 aromatic rings. The van der Waals surface area contributed by atoms with E-state index in [1.807, 2.05) is 30.3 Å². The Hall–Kier alpha value is -3.94. The van der Waals surface area contributed by atoms with E-state index < -0.39 is 36.0 Å². The van der Waals surface area contributed by atoms with Gasteiger partial charge in [0.05, 0.1) is 42.2 Å². The van der Waals surface area contributed by atoms with E-state index in [2.05, 4.69) is 15.7 Å². The van der Waals surface area contributed by atoms with Crippen LogP contribution in [0.1, 0.15) is 47.2 Å². The first-order chi connectivity index (χ1) is 21.5. The monoisotopic (exact) mass is 627 g/mol. The molecule has 2 fully saturated rings. The number of aryl methyl sites for hydroxylation is 1. The highest BCUT2D eigenvalue weighted by molar-refractivity contribution is 5.98. The molecular formula is C32H36F3N5O5. The molecule has 2 saturated heterocycles. The fraction of sp³-hybridized carbons (Fsp3) is 0.469. The summed E-state index contributed by atoms with van der Waals surface area (Å²) >= 11 is 0. The molecule has 4 heterocycles. The Bertz CT molecular complexity index is 1530. The van der Waals surface area contributed by atoms with Crippen LogP contribution in [0.4, 0.5) is 13.2 Å². The zero-order valence-corrected chi connectivity index (χ0v) is 24.8. The number of aromatic nitrogens is 2. The molecule has 3 aliphatic rings. The predicted molar refractivity (Wildman–Crippen MR) is 157 cm³/mol. The summed E-state index contributed by atoms with van der Waals surface area (Å²) < 4.78 is 53.4. The molecule has 5 atom stereocenters. The number of carbonyl (C=O) groups excluding carboxylic acids is 2. The second kappa shape index (κ2) is 12.8. The van der Waals surface area contributed by atoms with Gasteiger partial charge in [0.25, 0.3) is 5.91 Å². The first-order valence-electron chi connectivity index (χ1n) is 15.1. The largest absolute Gasteiger partial charge is 0.493 e. The molecule has 1 aromatic heterocycles. The summed E-state index contributed by atoms with van der Waals surface area (Å²) in [5.74, 6) is -0.247.